The van der Waals surface area contributed by atoms with Gasteiger partial charge in [0.25, 0.3) is 0 Å². The molecule has 0 aliphatic rings. The Morgan fingerprint density at radius 3 is 2.52 bits per heavy atom. The third-order valence-electron chi connectivity index (χ3n) is 3.38. The lowest BCUT2D eigenvalue weighted by molar-refractivity contribution is 0.0603. The van der Waals surface area contributed by atoms with Gasteiger partial charge in [-0.3, -0.25) is 5.10 Å². The molecule has 2 aromatic carbocycles. The first-order chi connectivity index (χ1) is 10.2. The molecule has 0 aliphatic heterocycles. The van der Waals surface area contributed by atoms with E-state index in [1.165, 1.54) is 7.11 Å². The SMILES string of the molecule is COC(=O)c1cc(-c2ccc(OC)cc2)cc2cn[nH]c12. The first-order valence-corrected chi connectivity index (χ1v) is 6.43. The highest BCUT2D eigenvalue weighted by molar-refractivity contribution is 6.04. The number of methoxy groups -OCH3 is 2. The van der Waals surface area contributed by atoms with Crippen LogP contribution < -0.4 is 4.74 Å². The van der Waals surface area contributed by atoms with Crippen LogP contribution in [-0.4, -0.2) is 30.4 Å². The second kappa shape index (κ2) is 5.28. The van der Waals surface area contributed by atoms with Crippen molar-refractivity contribution in [3.63, 3.8) is 0 Å². The minimum Gasteiger partial charge on any atom is -0.497 e. The third-order valence-corrected chi connectivity index (χ3v) is 3.38. The van der Waals surface area contributed by atoms with Crippen molar-refractivity contribution < 1.29 is 14.3 Å². The number of rotatable bonds is 3. The quantitative estimate of drug-likeness (QED) is 0.750. The van der Waals surface area contributed by atoms with Gasteiger partial charge in [0, 0.05) is 5.39 Å². The number of ether oxygens (including phenoxy) is 2. The summed E-state index contributed by atoms with van der Waals surface area (Å²) in [4.78, 5) is 11.9. The zero-order valence-electron chi connectivity index (χ0n) is 11.7. The maximum Gasteiger partial charge on any atom is 0.340 e. The number of aromatic amines is 1. The van der Waals surface area contributed by atoms with Crippen LogP contribution in [0.5, 0.6) is 5.75 Å². The lowest BCUT2D eigenvalue weighted by Gasteiger charge is -2.07. The predicted molar refractivity (Wildman–Crippen MR) is 79.4 cm³/mol. The van der Waals surface area contributed by atoms with Gasteiger partial charge in [0.1, 0.15) is 5.75 Å². The molecule has 0 saturated carbocycles. The van der Waals surface area contributed by atoms with Gasteiger partial charge < -0.3 is 9.47 Å². The Labute approximate surface area is 121 Å². The van der Waals surface area contributed by atoms with E-state index in [0.29, 0.717) is 11.1 Å². The van der Waals surface area contributed by atoms with Gasteiger partial charge in [0.05, 0.1) is 31.5 Å². The standard InChI is InChI=1S/C16H14N2O3/c1-20-13-5-3-10(4-6-13)11-7-12-9-17-18-15(12)14(8-11)16(19)21-2/h3-9H,1-2H3,(H,17,18). The largest absolute Gasteiger partial charge is 0.497 e. The molecule has 3 rings (SSSR count). The van der Waals surface area contributed by atoms with Gasteiger partial charge in [-0.1, -0.05) is 12.1 Å². The van der Waals surface area contributed by atoms with Crippen LogP contribution in [0.1, 0.15) is 10.4 Å². The van der Waals surface area contributed by atoms with Crippen LogP contribution in [0.15, 0.2) is 42.6 Å². The van der Waals surface area contributed by atoms with E-state index in [1.54, 1.807) is 19.4 Å². The number of fused-ring (bicyclic) bond motifs is 1. The molecule has 0 aliphatic carbocycles. The molecular formula is C16H14N2O3. The molecule has 5 heteroatoms. The van der Waals surface area contributed by atoms with Crippen LogP contribution in [0.4, 0.5) is 0 Å². The number of nitrogens with one attached hydrogen (secondary N) is 1. The average Bonchev–Trinajstić information content (AvgIpc) is 3.01. The second-order valence-corrected chi connectivity index (χ2v) is 4.58. The van der Waals surface area contributed by atoms with E-state index in [1.807, 2.05) is 30.3 Å². The molecule has 0 amide bonds. The number of H-pyrrole nitrogens is 1. The van der Waals surface area contributed by atoms with Crippen LogP contribution in [-0.2, 0) is 4.74 Å². The van der Waals surface area contributed by atoms with Crippen molar-refractivity contribution in [1.29, 1.82) is 0 Å². The van der Waals surface area contributed by atoms with Gasteiger partial charge in [-0.15, -0.1) is 0 Å². The van der Waals surface area contributed by atoms with Crippen LogP contribution in [0.2, 0.25) is 0 Å². The number of carbonyl (C=O) groups excluding carboxylic acids is 1. The topological polar surface area (TPSA) is 64.2 Å². The number of hydrogen-bond donors (Lipinski definition) is 1. The third kappa shape index (κ3) is 2.33. The summed E-state index contributed by atoms with van der Waals surface area (Å²) in [5.41, 5.74) is 3.06. The molecule has 0 atom stereocenters. The van der Waals surface area contributed by atoms with Gasteiger partial charge >= 0.3 is 5.97 Å². The second-order valence-electron chi connectivity index (χ2n) is 4.58. The van der Waals surface area contributed by atoms with Crippen LogP contribution in [0.25, 0.3) is 22.0 Å². The monoisotopic (exact) mass is 282 g/mol. The molecule has 0 unspecified atom stereocenters. The molecule has 106 valence electrons. The zero-order valence-corrected chi connectivity index (χ0v) is 11.7. The Hall–Kier alpha value is -2.82. The van der Waals surface area contributed by atoms with Crippen molar-refractivity contribution in [1.82, 2.24) is 10.2 Å². The molecule has 1 N–H and O–H groups in total. The average molecular weight is 282 g/mol. The molecule has 5 nitrogen and oxygen atoms in total. The summed E-state index contributed by atoms with van der Waals surface area (Å²) >= 11 is 0. The molecule has 3 aromatic rings. The fourth-order valence-corrected chi connectivity index (χ4v) is 2.28. The van der Waals surface area contributed by atoms with E-state index in [0.717, 1.165) is 22.3 Å². The Bertz CT molecular complexity index is 791. The van der Waals surface area contributed by atoms with E-state index in [9.17, 15) is 4.79 Å². The highest BCUT2D eigenvalue weighted by atomic mass is 16.5. The van der Waals surface area contributed by atoms with Gasteiger partial charge in [0.15, 0.2) is 0 Å². The number of aromatic nitrogens is 2. The van der Waals surface area contributed by atoms with Crippen molar-refractivity contribution in [3.05, 3.63) is 48.2 Å². The molecule has 21 heavy (non-hydrogen) atoms. The normalized spacial score (nSPS) is 10.6. The van der Waals surface area contributed by atoms with E-state index in [-0.39, 0.29) is 5.97 Å². The van der Waals surface area contributed by atoms with Gasteiger partial charge in [0.2, 0.25) is 0 Å². The Morgan fingerprint density at radius 2 is 1.86 bits per heavy atom. The maximum absolute atomic E-state index is 11.9. The summed E-state index contributed by atoms with van der Waals surface area (Å²) in [6.07, 6.45) is 1.69. The maximum atomic E-state index is 11.9. The lowest BCUT2D eigenvalue weighted by Crippen LogP contribution is -2.02. The Balaban J connectivity index is 2.15. The van der Waals surface area contributed by atoms with Crippen LogP contribution >= 0.6 is 0 Å². The summed E-state index contributed by atoms with van der Waals surface area (Å²) in [7, 11) is 2.99. The smallest absolute Gasteiger partial charge is 0.340 e. The Morgan fingerprint density at radius 1 is 1.10 bits per heavy atom. The van der Waals surface area contributed by atoms with Gasteiger partial charge in [-0.05, 0) is 35.4 Å². The summed E-state index contributed by atoms with van der Waals surface area (Å²) in [5, 5.41) is 7.68. The molecule has 0 spiro atoms. The fraction of sp³-hybridized carbons (Fsp3) is 0.125. The first-order valence-electron chi connectivity index (χ1n) is 6.43. The molecule has 0 saturated heterocycles. The van der Waals surface area contributed by atoms with Crippen molar-refractivity contribution in [2.24, 2.45) is 0 Å². The molecule has 0 bridgehead atoms. The molecular weight excluding hydrogens is 268 g/mol. The van der Waals surface area contributed by atoms with Crippen LogP contribution in [0, 0.1) is 0 Å². The lowest BCUT2D eigenvalue weighted by atomic mass is 10.0. The summed E-state index contributed by atoms with van der Waals surface area (Å²) in [6.45, 7) is 0. The summed E-state index contributed by atoms with van der Waals surface area (Å²) in [5.74, 6) is 0.399. The van der Waals surface area contributed by atoms with E-state index in [2.05, 4.69) is 10.2 Å². The first kappa shape index (κ1) is 13.2. The highest BCUT2D eigenvalue weighted by Gasteiger charge is 2.14. The van der Waals surface area contributed by atoms with Crippen molar-refractivity contribution in [2.75, 3.05) is 14.2 Å². The van der Waals surface area contributed by atoms with Crippen molar-refractivity contribution in [3.8, 4) is 16.9 Å². The molecule has 1 aromatic heterocycles. The van der Waals surface area contributed by atoms with Crippen LogP contribution in [0.3, 0.4) is 0 Å². The number of carbonyl (C=O) groups is 1. The number of nitrogens with zero attached hydrogens (tertiary/aromatic N) is 1. The van der Waals surface area contributed by atoms with Crippen molar-refractivity contribution in [2.45, 2.75) is 0 Å². The summed E-state index contributed by atoms with van der Waals surface area (Å²) < 4.78 is 9.99. The van der Waals surface area contributed by atoms with Crippen molar-refractivity contribution >= 4 is 16.9 Å². The number of esters is 1. The van der Waals surface area contributed by atoms with Gasteiger partial charge in [-0.25, -0.2) is 4.79 Å². The predicted octanol–water partition coefficient (Wildman–Crippen LogP) is 3.03. The Kier molecular flexibility index (Phi) is 3.31. The minimum atomic E-state index is -0.389. The molecule has 0 fully saturated rings. The van der Waals surface area contributed by atoms with E-state index < -0.39 is 0 Å². The number of hydrogen-bond acceptors (Lipinski definition) is 4. The highest BCUT2D eigenvalue weighted by Crippen LogP contribution is 2.28. The molecule has 1 heterocycles. The minimum absolute atomic E-state index is 0.389. The summed E-state index contributed by atoms with van der Waals surface area (Å²) in [6, 6.07) is 11.4. The van der Waals surface area contributed by atoms with E-state index in [4.69, 9.17) is 9.47 Å². The van der Waals surface area contributed by atoms with Gasteiger partial charge in [-0.2, -0.15) is 5.10 Å². The number of benzene rings is 2. The fourth-order valence-electron chi connectivity index (χ4n) is 2.28. The molecule has 0 radical (unpaired) electrons. The zero-order chi connectivity index (χ0) is 14.8. The van der Waals surface area contributed by atoms with E-state index >= 15 is 0 Å².